The molecule has 2 aromatic carbocycles. The van der Waals surface area contributed by atoms with Crippen molar-refractivity contribution >= 4 is 23.4 Å². The quantitative estimate of drug-likeness (QED) is 0.825. The molecular weight excluding hydrogens is 346 g/mol. The lowest BCUT2D eigenvalue weighted by Crippen LogP contribution is -2.58. The molecule has 144 valence electrons. The average molecular weight is 374 g/mol. The van der Waals surface area contributed by atoms with Crippen molar-refractivity contribution in [2.24, 2.45) is 0 Å². The molecule has 1 N–H and O–H groups in total. The second kappa shape index (κ2) is 6.55. The Morgan fingerprint density at radius 1 is 1.04 bits per heavy atom. The first-order chi connectivity index (χ1) is 13.3. The first-order valence-electron chi connectivity index (χ1n) is 9.67. The number of fused-ring (bicyclic) bond motifs is 3. The average Bonchev–Trinajstić information content (AvgIpc) is 3.10. The van der Waals surface area contributed by atoms with Gasteiger partial charge >= 0.3 is 0 Å². The minimum absolute atomic E-state index is 0.0653. The van der Waals surface area contributed by atoms with Crippen LogP contribution in [-0.4, -0.2) is 32.2 Å². The Balaban J connectivity index is 1.61. The van der Waals surface area contributed by atoms with Gasteiger partial charge in [-0.2, -0.15) is 0 Å². The molecule has 2 aliphatic heterocycles. The summed E-state index contributed by atoms with van der Waals surface area (Å²) in [5.74, 6) is 0.0653. The molecular formula is C24H27N3O. The van der Waals surface area contributed by atoms with E-state index in [1.165, 1.54) is 11.3 Å². The van der Waals surface area contributed by atoms with Gasteiger partial charge in [-0.05, 0) is 35.4 Å². The van der Waals surface area contributed by atoms with Crippen molar-refractivity contribution in [2.75, 3.05) is 30.4 Å². The van der Waals surface area contributed by atoms with E-state index in [1.807, 2.05) is 32.3 Å². The molecule has 0 unspecified atom stereocenters. The van der Waals surface area contributed by atoms with Crippen molar-refractivity contribution in [3.63, 3.8) is 0 Å². The Morgan fingerprint density at radius 2 is 1.75 bits per heavy atom. The smallest absolute Gasteiger partial charge is 0.241 e. The van der Waals surface area contributed by atoms with Gasteiger partial charge in [-0.1, -0.05) is 62.4 Å². The third-order valence-corrected chi connectivity index (χ3v) is 6.03. The van der Waals surface area contributed by atoms with Crippen LogP contribution in [-0.2, 0) is 10.2 Å². The van der Waals surface area contributed by atoms with Crippen molar-refractivity contribution in [1.29, 1.82) is 0 Å². The zero-order valence-electron chi connectivity index (χ0n) is 16.9. The van der Waals surface area contributed by atoms with Gasteiger partial charge in [0.2, 0.25) is 5.91 Å². The van der Waals surface area contributed by atoms with Crippen molar-refractivity contribution < 1.29 is 4.79 Å². The van der Waals surface area contributed by atoms with E-state index in [0.29, 0.717) is 6.54 Å². The van der Waals surface area contributed by atoms with Crippen LogP contribution in [0.4, 0.5) is 11.4 Å². The van der Waals surface area contributed by atoms with Crippen LogP contribution in [0.3, 0.4) is 0 Å². The molecule has 28 heavy (non-hydrogen) atoms. The molecule has 2 aliphatic rings. The molecule has 4 heteroatoms. The summed E-state index contributed by atoms with van der Waals surface area (Å²) < 4.78 is 0. The fourth-order valence-electron chi connectivity index (χ4n) is 4.38. The van der Waals surface area contributed by atoms with Crippen LogP contribution in [0.15, 0.2) is 66.8 Å². The third kappa shape index (κ3) is 2.71. The molecule has 0 spiro atoms. The van der Waals surface area contributed by atoms with Gasteiger partial charge in [0, 0.05) is 30.9 Å². The first kappa shape index (κ1) is 18.4. The SMILES string of the molecule is CN(C)c1ccc(C=CC=C[C@]23NC(=O)CN2c2ccccc2C3(C)C)cc1. The van der Waals surface area contributed by atoms with Crippen molar-refractivity contribution in [3.05, 3.63) is 77.9 Å². The minimum atomic E-state index is -0.535. The fraction of sp³-hybridized carbons (Fsp3) is 0.292. The maximum atomic E-state index is 12.3. The van der Waals surface area contributed by atoms with Crippen molar-refractivity contribution in [1.82, 2.24) is 5.32 Å². The van der Waals surface area contributed by atoms with E-state index in [2.05, 4.69) is 83.6 Å². The van der Waals surface area contributed by atoms with Crippen molar-refractivity contribution in [2.45, 2.75) is 24.9 Å². The second-order valence-electron chi connectivity index (χ2n) is 8.25. The molecule has 0 saturated carbocycles. The lowest BCUT2D eigenvalue weighted by molar-refractivity contribution is -0.118. The van der Waals surface area contributed by atoms with E-state index in [1.54, 1.807) is 0 Å². The van der Waals surface area contributed by atoms with Gasteiger partial charge in [-0.25, -0.2) is 0 Å². The van der Waals surface area contributed by atoms with E-state index in [0.717, 1.165) is 11.3 Å². The maximum Gasteiger partial charge on any atom is 0.241 e. The lowest BCUT2D eigenvalue weighted by Gasteiger charge is -2.40. The van der Waals surface area contributed by atoms with Crippen LogP contribution < -0.4 is 15.1 Å². The van der Waals surface area contributed by atoms with E-state index in [4.69, 9.17) is 0 Å². The number of carbonyl (C=O) groups is 1. The largest absolute Gasteiger partial charge is 0.378 e. The molecule has 0 bridgehead atoms. The molecule has 1 atom stereocenters. The Bertz CT molecular complexity index is 956. The third-order valence-electron chi connectivity index (χ3n) is 6.03. The summed E-state index contributed by atoms with van der Waals surface area (Å²) in [7, 11) is 4.08. The Kier molecular flexibility index (Phi) is 4.30. The summed E-state index contributed by atoms with van der Waals surface area (Å²) in [4.78, 5) is 16.6. The highest BCUT2D eigenvalue weighted by atomic mass is 16.2. The normalized spacial score (nSPS) is 22.6. The van der Waals surface area contributed by atoms with Crippen LogP contribution in [0.1, 0.15) is 25.0 Å². The number of carbonyl (C=O) groups excluding carboxylic acids is 1. The van der Waals surface area contributed by atoms with Gasteiger partial charge in [0.1, 0.15) is 5.66 Å². The molecule has 0 aliphatic carbocycles. The number of amides is 1. The number of allylic oxidation sites excluding steroid dienone is 2. The number of para-hydroxylation sites is 1. The van der Waals surface area contributed by atoms with E-state index >= 15 is 0 Å². The highest BCUT2D eigenvalue weighted by molar-refractivity contribution is 5.91. The minimum Gasteiger partial charge on any atom is -0.378 e. The monoisotopic (exact) mass is 373 g/mol. The summed E-state index contributed by atoms with van der Waals surface area (Å²) in [6.07, 6.45) is 8.30. The second-order valence-corrected chi connectivity index (χ2v) is 8.25. The number of nitrogens with zero attached hydrogens (tertiary/aromatic N) is 2. The zero-order valence-corrected chi connectivity index (χ0v) is 16.9. The molecule has 0 aromatic heterocycles. The standard InChI is InChI=1S/C24H27N3O/c1-23(2)20-10-5-6-11-21(20)27-17-22(28)25-24(23,27)16-8-7-9-18-12-14-19(15-13-18)26(3)4/h5-16H,17H2,1-4H3,(H,25,28)/t24-/m0/s1. The highest BCUT2D eigenvalue weighted by Gasteiger charge is 2.59. The summed E-state index contributed by atoms with van der Waals surface area (Å²) in [6, 6.07) is 16.8. The number of hydrogen-bond donors (Lipinski definition) is 1. The van der Waals surface area contributed by atoms with Gasteiger partial charge in [-0.3, -0.25) is 4.79 Å². The number of hydrogen-bond acceptors (Lipinski definition) is 3. The first-order valence-corrected chi connectivity index (χ1v) is 9.67. The highest BCUT2D eigenvalue weighted by Crippen LogP contribution is 2.52. The van der Waals surface area contributed by atoms with E-state index < -0.39 is 5.66 Å². The molecule has 2 aromatic rings. The molecule has 0 radical (unpaired) electrons. The number of rotatable bonds is 4. The Hall–Kier alpha value is -3.01. The van der Waals surface area contributed by atoms with Gasteiger partial charge in [0.15, 0.2) is 0 Å². The van der Waals surface area contributed by atoms with E-state index in [9.17, 15) is 4.79 Å². The number of anilines is 2. The molecule has 4 nitrogen and oxygen atoms in total. The maximum absolute atomic E-state index is 12.3. The van der Waals surface area contributed by atoms with Crippen molar-refractivity contribution in [3.8, 4) is 0 Å². The molecule has 1 saturated heterocycles. The van der Waals surface area contributed by atoms with Gasteiger partial charge < -0.3 is 15.1 Å². The summed E-state index contributed by atoms with van der Waals surface area (Å²) in [6.45, 7) is 4.79. The van der Waals surface area contributed by atoms with Crippen LogP contribution in [0.5, 0.6) is 0 Å². The van der Waals surface area contributed by atoms with Crippen LogP contribution >= 0.6 is 0 Å². The fourth-order valence-corrected chi connectivity index (χ4v) is 4.38. The van der Waals surface area contributed by atoms with Gasteiger partial charge in [-0.15, -0.1) is 0 Å². The molecule has 1 amide bonds. The van der Waals surface area contributed by atoms with Gasteiger partial charge in [0.25, 0.3) is 0 Å². The lowest BCUT2D eigenvalue weighted by atomic mass is 9.75. The number of nitrogens with one attached hydrogen (secondary N) is 1. The topological polar surface area (TPSA) is 35.6 Å². The van der Waals surface area contributed by atoms with Gasteiger partial charge in [0.05, 0.1) is 6.54 Å². The Morgan fingerprint density at radius 3 is 2.46 bits per heavy atom. The predicted molar refractivity (Wildman–Crippen MR) is 117 cm³/mol. The summed E-state index contributed by atoms with van der Waals surface area (Å²) in [5, 5.41) is 3.25. The molecule has 4 rings (SSSR count). The van der Waals surface area contributed by atoms with Crippen LogP contribution in [0.2, 0.25) is 0 Å². The summed E-state index contributed by atoms with van der Waals surface area (Å²) in [5.41, 5.74) is 3.97. The zero-order chi connectivity index (χ0) is 19.9. The Labute approximate surface area is 167 Å². The molecule has 1 fully saturated rings. The van der Waals surface area contributed by atoms with E-state index in [-0.39, 0.29) is 11.3 Å². The summed E-state index contributed by atoms with van der Waals surface area (Å²) >= 11 is 0. The number of benzene rings is 2. The molecule has 2 heterocycles. The van der Waals surface area contributed by atoms with Crippen LogP contribution in [0.25, 0.3) is 6.08 Å². The van der Waals surface area contributed by atoms with Crippen LogP contribution in [0, 0.1) is 0 Å². The predicted octanol–water partition coefficient (Wildman–Crippen LogP) is 3.95.